The predicted octanol–water partition coefficient (Wildman–Crippen LogP) is 5.09. The molecule has 1 aromatic carbocycles. The lowest BCUT2D eigenvalue weighted by atomic mass is 9.65. The number of allylic oxidation sites excluding steroid dienone is 2. The van der Waals surface area contributed by atoms with E-state index in [9.17, 15) is 27.9 Å². The Kier molecular flexibility index (Phi) is 6.74. The van der Waals surface area contributed by atoms with Crippen LogP contribution >= 0.6 is 11.6 Å². The molecule has 41 heavy (non-hydrogen) atoms. The van der Waals surface area contributed by atoms with E-state index in [-0.39, 0.29) is 17.5 Å². The van der Waals surface area contributed by atoms with Crippen molar-refractivity contribution in [3.05, 3.63) is 51.1 Å². The van der Waals surface area contributed by atoms with Crippen molar-refractivity contribution in [2.24, 2.45) is 18.4 Å². The molecule has 4 heterocycles. The van der Waals surface area contributed by atoms with Crippen molar-refractivity contribution in [2.75, 3.05) is 13.1 Å². The Morgan fingerprint density at radius 2 is 2.02 bits per heavy atom. The van der Waals surface area contributed by atoms with E-state index in [2.05, 4.69) is 15.2 Å². The summed E-state index contributed by atoms with van der Waals surface area (Å²) in [5, 5.41) is 18.1. The summed E-state index contributed by atoms with van der Waals surface area (Å²) < 4.78 is 47.7. The van der Waals surface area contributed by atoms with Crippen LogP contribution in [0.15, 0.2) is 23.5 Å². The van der Waals surface area contributed by atoms with Crippen LogP contribution < -0.4 is 4.74 Å². The Hall–Kier alpha value is -3.28. The fourth-order valence-corrected chi connectivity index (χ4v) is 7.53. The first-order valence-electron chi connectivity index (χ1n) is 13.8. The molecule has 9 nitrogen and oxygen atoms in total. The van der Waals surface area contributed by atoms with E-state index in [1.807, 2.05) is 0 Å². The Morgan fingerprint density at radius 1 is 1.24 bits per heavy atom. The Balaban J connectivity index is 1.42. The first kappa shape index (κ1) is 27.9. The van der Waals surface area contributed by atoms with Gasteiger partial charge in [-0.15, -0.1) is 5.10 Å². The number of aromatic nitrogens is 3. The molecule has 2 fully saturated rings. The number of ether oxygens (including phenoxy) is 1. The molecule has 13 heteroatoms. The quantitative estimate of drug-likeness (QED) is 0.515. The monoisotopic (exact) mass is 593 g/mol. The summed E-state index contributed by atoms with van der Waals surface area (Å²) in [5.74, 6) is -0.783. The number of alkyl halides is 3. The van der Waals surface area contributed by atoms with Gasteiger partial charge in [-0.1, -0.05) is 29.7 Å². The van der Waals surface area contributed by atoms with Crippen molar-refractivity contribution >= 4 is 23.5 Å². The third-order valence-corrected chi connectivity index (χ3v) is 9.65. The minimum Gasteiger partial charge on any atom is -0.487 e. The number of carboxylic acid groups (broad SMARTS) is 1. The largest absolute Gasteiger partial charge is 0.487 e. The second-order valence-electron chi connectivity index (χ2n) is 11.5. The van der Waals surface area contributed by atoms with Gasteiger partial charge in [0.1, 0.15) is 18.1 Å². The molecule has 1 saturated heterocycles. The number of nitrogens with zero attached hydrogens (tertiary/aromatic N) is 5. The fraction of sp³-hybridized carbons (Fsp3) is 0.571. The van der Waals surface area contributed by atoms with E-state index in [4.69, 9.17) is 16.3 Å². The summed E-state index contributed by atoms with van der Waals surface area (Å²) in [6.45, 7) is 2.26. The van der Waals surface area contributed by atoms with Gasteiger partial charge in [0, 0.05) is 47.9 Å². The minimum absolute atomic E-state index is 0.0176. The van der Waals surface area contributed by atoms with Crippen LogP contribution in [0.3, 0.4) is 0 Å². The normalized spacial score (nSPS) is 26.1. The van der Waals surface area contributed by atoms with Gasteiger partial charge in [0.25, 0.3) is 0 Å². The van der Waals surface area contributed by atoms with E-state index >= 15 is 0 Å². The number of benzene rings is 1. The Labute approximate surface area is 239 Å². The molecular weight excluding hydrogens is 563 g/mol. The van der Waals surface area contributed by atoms with Crippen molar-refractivity contribution < 1.29 is 32.6 Å². The summed E-state index contributed by atoms with van der Waals surface area (Å²) in [6, 6.07) is 2.92. The van der Waals surface area contributed by atoms with Crippen LogP contribution in [0, 0.1) is 11.3 Å². The highest BCUT2D eigenvalue weighted by molar-refractivity contribution is 6.31. The number of hydrogen-bond donors (Lipinski definition) is 1. The van der Waals surface area contributed by atoms with Gasteiger partial charge in [-0.2, -0.15) is 13.2 Å². The molecule has 1 aliphatic carbocycles. The van der Waals surface area contributed by atoms with Gasteiger partial charge in [0.2, 0.25) is 5.91 Å². The van der Waals surface area contributed by atoms with Crippen LogP contribution in [0.2, 0.25) is 5.02 Å². The van der Waals surface area contributed by atoms with Crippen LogP contribution in [0.1, 0.15) is 74.0 Å². The summed E-state index contributed by atoms with van der Waals surface area (Å²) in [4.78, 5) is 29.7. The molecule has 1 amide bonds. The highest BCUT2D eigenvalue weighted by Gasteiger charge is 2.52. The first-order chi connectivity index (χ1) is 19.4. The summed E-state index contributed by atoms with van der Waals surface area (Å²) in [6.07, 6.45) is -0.226. The number of carbonyl (C=O) groups is 2. The third-order valence-electron chi connectivity index (χ3n) is 9.29. The molecule has 1 aromatic heterocycles. The number of hydrogen-bond acceptors (Lipinski definition) is 6. The van der Waals surface area contributed by atoms with Gasteiger partial charge in [-0.3, -0.25) is 9.59 Å². The van der Waals surface area contributed by atoms with Crippen LogP contribution in [-0.2, 0) is 35.8 Å². The molecule has 4 aliphatic rings. The minimum atomic E-state index is -4.65. The van der Waals surface area contributed by atoms with Crippen molar-refractivity contribution in [3.63, 3.8) is 0 Å². The van der Waals surface area contributed by atoms with Gasteiger partial charge in [-0.05, 0) is 50.3 Å². The molecule has 2 aromatic rings. The van der Waals surface area contributed by atoms with Crippen molar-refractivity contribution in [3.8, 4) is 5.75 Å². The van der Waals surface area contributed by atoms with E-state index in [0.717, 1.165) is 29.8 Å². The molecule has 0 radical (unpaired) electrons. The number of rotatable bonds is 5. The van der Waals surface area contributed by atoms with Gasteiger partial charge < -0.3 is 19.6 Å². The van der Waals surface area contributed by atoms with Gasteiger partial charge in [0.05, 0.1) is 18.0 Å². The number of fused-ring (bicyclic) bond motifs is 4. The van der Waals surface area contributed by atoms with Crippen LogP contribution in [0.25, 0.3) is 0 Å². The third kappa shape index (κ3) is 4.45. The molecule has 3 atom stereocenters. The molecule has 0 unspecified atom stereocenters. The molecule has 220 valence electrons. The highest BCUT2D eigenvalue weighted by atomic mass is 35.5. The maximum atomic E-state index is 13.7. The SMILES string of the molecule is Cn1nnc(COc2ccc(Cl)c3c2[C@H]2CN4C(=O)CCC4=C([C@H]4CCCC[C@]4(C)C(=O)O)N2CC3)c1C(F)(F)F. The first-order valence-corrected chi connectivity index (χ1v) is 14.2. The molecule has 3 aliphatic heterocycles. The fourth-order valence-electron chi connectivity index (χ4n) is 7.27. The van der Waals surface area contributed by atoms with Crippen molar-refractivity contribution in [1.82, 2.24) is 24.8 Å². The number of amides is 1. The number of carboxylic acids is 1. The summed E-state index contributed by atoms with van der Waals surface area (Å²) >= 11 is 6.64. The topological polar surface area (TPSA) is 101 Å². The molecule has 0 bridgehead atoms. The standard InChI is InChI=1S/C28H31ClF3N5O4/c1-27(26(39)40)11-4-3-5-16(27)24-19-7-9-22(38)37(19)13-20-23-15(10-12-36(20)24)17(29)6-8-21(23)41-14-18-25(28(30,31)32)35(2)34-33-18/h6,8,16,20H,3-5,7,9-14H2,1-2H3,(H,39,40)/t16-,20-,27+/m1/s1. The average molecular weight is 594 g/mol. The maximum Gasteiger partial charge on any atom is 0.435 e. The van der Waals surface area contributed by atoms with E-state index < -0.39 is 35.9 Å². The Morgan fingerprint density at radius 3 is 2.76 bits per heavy atom. The number of carbonyl (C=O) groups excluding carboxylic acids is 1. The molecule has 0 spiro atoms. The zero-order chi connectivity index (χ0) is 29.3. The van der Waals surface area contributed by atoms with Gasteiger partial charge in [0.15, 0.2) is 5.69 Å². The number of halogens is 4. The van der Waals surface area contributed by atoms with Gasteiger partial charge in [-0.25, -0.2) is 4.68 Å². The lowest BCUT2D eigenvalue weighted by Gasteiger charge is -2.52. The summed E-state index contributed by atoms with van der Waals surface area (Å²) in [7, 11) is 1.18. The average Bonchev–Trinajstić information content (AvgIpc) is 3.49. The van der Waals surface area contributed by atoms with E-state index in [1.165, 1.54) is 7.05 Å². The number of aliphatic carboxylic acids is 1. The van der Waals surface area contributed by atoms with Crippen LogP contribution in [-0.4, -0.2) is 54.9 Å². The van der Waals surface area contributed by atoms with Crippen molar-refractivity contribution in [2.45, 2.75) is 70.7 Å². The second kappa shape index (κ2) is 9.92. The Bertz CT molecular complexity index is 1460. The van der Waals surface area contributed by atoms with Crippen LogP contribution in [0.5, 0.6) is 5.75 Å². The summed E-state index contributed by atoms with van der Waals surface area (Å²) in [5.41, 5.74) is 1.03. The second-order valence-corrected chi connectivity index (χ2v) is 12.0. The zero-order valence-electron chi connectivity index (χ0n) is 22.8. The highest BCUT2D eigenvalue weighted by Crippen LogP contribution is 2.54. The molecule has 1 N–H and O–H groups in total. The van der Waals surface area contributed by atoms with Crippen molar-refractivity contribution in [1.29, 1.82) is 0 Å². The maximum absolute atomic E-state index is 13.7. The van der Waals surface area contributed by atoms with Crippen LogP contribution in [0.4, 0.5) is 13.2 Å². The van der Waals surface area contributed by atoms with Gasteiger partial charge >= 0.3 is 12.1 Å². The van der Waals surface area contributed by atoms with E-state index in [1.54, 1.807) is 24.0 Å². The lowest BCUT2D eigenvalue weighted by Crippen LogP contribution is -2.52. The molecule has 1 saturated carbocycles. The smallest absolute Gasteiger partial charge is 0.435 e. The lowest BCUT2D eigenvalue weighted by molar-refractivity contribution is -0.153. The number of aryl methyl sites for hydroxylation is 1. The molecule has 6 rings (SSSR count). The molecular formula is C28H31ClF3N5O4. The zero-order valence-corrected chi connectivity index (χ0v) is 23.6. The predicted molar refractivity (Wildman–Crippen MR) is 141 cm³/mol. The van der Waals surface area contributed by atoms with E-state index in [0.29, 0.717) is 66.2 Å².